The van der Waals surface area contributed by atoms with Crippen LogP contribution in [0.2, 0.25) is 0 Å². The average molecular weight is 475 g/mol. The number of rotatable bonds is 7. The van der Waals surface area contributed by atoms with Crippen LogP contribution in [0.1, 0.15) is 57.6 Å². The number of hydrogen-bond donors (Lipinski definition) is 3. The molecule has 0 bridgehead atoms. The van der Waals surface area contributed by atoms with Gasteiger partial charge in [0.1, 0.15) is 4.88 Å². The van der Waals surface area contributed by atoms with E-state index in [1.54, 1.807) is 20.8 Å². The van der Waals surface area contributed by atoms with E-state index in [0.29, 0.717) is 36.9 Å². The number of imidazole rings is 1. The van der Waals surface area contributed by atoms with Gasteiger partial charge in [0.05, 0.1) is 17.8 Å². The highest BCUT2D eigenvalue weighted by Crippen LogP contribution is 2.31. The van der Waals surface area contributed by atoms with Crippen LogP contribution in [0.3, 0.4) is 0 Å². The van der Waals surface area contributed by atoms with E-state index in [4.69, 9.17) is 4.74 Å². The fourth-order valence-electron chi connectivity index (χ4n) is 3.60. The number of carboxylic acids is 1. The quantitative estimate of drug-likeness (QED) is 0.563. The zero-order valence-corrected chi connectivity index (χ0v) is 18.6. The van der Waals surface area contributed by atoms with Gasteiger partial charge < -0.3 is 25.0 Å². The number of H-pyrrole nitrogens is 1. The molecule has 1 saturated heterocycles. The highest BCUT2D eigenvalue weighted by molar-refractivity contribution is 7.17. The molecule has 0 saturated carbocycles. The van der Waals surface area contributed by atoms with Crippen LogP contribution in [0, 0.1) is 6.92 Å². The molecule has 2 atom stereocenters. The molecular formula is C19H24F3N5O4S. The highest BCUT2D eigenvalue weighted by Gasteiger charge is 2.38. The number of hydrogen-bond acceptors (Lipinski definition) is 7. The molecule has 176 valence electrons. The van der Waals surface area contributed by atoms with Crippen molar-refractivity contribution in [3.63, 3.8) is 0 Å². The second-order valence-corrected chi connectivity index (χ2v) is 8.27. The van der Waals surface area contributed by atoms with Crippen molar-refractivity contribution in [3.8, 4) is 0 Å². The van der Waals surface area contributed by atoms with Gasteiger partial charge in [-0.2, -0.15) is 13.2 Å². The minimum atomic E-state index is -4.65. The number of aryl methyl sites for hydroxylation is 2. The first-order valence-electron chi connectivity index (χ1n) is 10.1. The number of carboxylic acid groups (broad SMARTS) is 1. The molecule has 0 aliphatic carbocycles. The van der Waals surface area contributed by atoms with Gasteiger partial charge in [-0.25, -0.2) is 14.8 Å². The van der Waals surface area contributed by atoms with E-state index in [1.807, 2.05) is 4.90 Å². The summed E-state index contributed by atoms with van der Waals surface area (Å²) in [5, 5.41) is 12.5. The number of amides is 1. The van der Waals surface area contributed by atoms with E-state index >= 15 is 0 Å². The molecule has 1 amide bonds. The van der Waals surface area contributed by atoms with Crippen LogP contribution in [-0.4, -0.2) is 63.8 Å². The summed E-state index contributed by atoms with van der Waals surface area (Å²) >= 11 is 1.07. The van der Waals surface area contributed by atoms with Crippen molar-refractivity contribution >= 4 is 28.3 Å². The number of alkyl halides is 3. The topological polar surface area (TPSA) is 120 Å². The Labute approximate surface area is 186 Å². The Hall–Kier alpha value is -2.67. The smallest absolute Gasteiger partial charge is 0.435 e. The number of carbonyl (C=O) groups excluding carboxylic acids is 1. The van der Waals surface area contributed by atoms with Crippen molar-refractivity contribution in [3.05, 3.63) is 27.8 Å². The van der Waals surface area contributed by atoms with Gasteiger partial charge in [-0.15, -0.1) is 0 Å². The van der Waals surface area contributed by atoms with Gasteiger partial charge in [-0.1, -0.05) is 18.3 Å². The molecule has 9 nitrogen and oxygen atoms in total. The molecule has 3 heterocycles. The van der Waals surface area contributed by atoms with Crippen molar-refractivity contribution in [2.24, 2.45) is 0 Å². The van der Waals surface area contributed by atoms with Gasteiger partial charge in [0.25, 0.3) is 5.91 Å². The molecule has 1 aliphatic heterocycles. The number of nitrogens with zero attached hydrogens (tertiary/aromatic N) is 3. The summed E-state index contributed by atoms with van der Waals surface area (Å²) in [6, 6.07) is -0.455. The van der Waals surface area contributed by atoms with E-state index < -0.39 is 41.7 Å². The van der Waals surface area contributed by atoms with Crippen molar-refractivity contribution in [1.82, 2.24) is 20.3 Å². The van der Waals surface area contributed by atoms with Crippen molar-refractivity contribution in [2.45, 2.75) is 51.9 Å². The summed E-state index contributed by atoms with van der Waals surface area (Å²) in [6.45, 7) is 6.13. The lowest BCUT2D eigenvalue weighted by Crippen LogP contribution is -2.55. The first-order valence-corrected chi connectivity index (χ1v) is 10.9. The number of halogens is 3. The Morgan fingerprint density at radius 2 is 2.06 bits per heavy atom. The summed E-state index contributed by atoms with van der Waals surface area (Å²) in [6.07, 6.45) is -4.62. The lowest BCUT2D eigenvalue weighted by molar-refractivity contribution is -0.141. The van der Waals surface area contributed by atoms with Gasteiger partial charge in [0, 0.05) is 25.4 Å². The molecular weight excluding hydrogens is 451 g/mol. The molecule has 13 heteroatoms. The van der Waals surface area contributed by atoms with Crippen molar-refractivity contribution < 1.29 is 32.6 Å². The fraction of sp³-hybridized carbons (Fsp3) is 0.579. The first-order chi connectivity index (χ1) is 15.0. The summed E-state index contributed by atoms with van der Waals surface area (Å²) in [4.78, 5) is 36.2. The maximum Gasteiger partial charge on any atom is 0.435 e. The largest absolute Gasteiger partial charge is 0.477 e. The van der Waals surface area contributed by atoms with Crippen LogP contribution >= 0.6 is 11.3 Å². The summed E-state index contributed by atoms with van der Waals surface area (Å²) in [5.41, 5.74) is -0.812. The number of nitrogens with one attached hydrogen (secondary N) is 2. The number of piperidine rings is 1. The molecule has 0 aromatic carbocycles. The number of aromatic amines is 1. The molecule has 1 fully saturated rings. The van der Waals surface area contributed by atoms with Gasteiger partial charge >= 0.3 is 12.1 Å². The SMILES string of the molecule is CCO[C@H]1CN(c2nc(C)c(C(=O)O)s2)CCC1NC(=O)c1nc(C(F)(F)F)c(CC)[nH]1. The monoisotopic (exact) mass is 475 g/mol. The summed E-state index contributed by atoms with van der Waals surface area (Å²) in [7, 11) is 0. The lowest BCUT2D eigenvalue weighted by atomic mass is 10.0. The van der Waals surface area contributed by atoms with Crippen LogP contribution in [0.5, 0.6) is 0 Å². The predicted octanol–water partition coefficient (Wildman–Crippen LogP) is 2.87. The molecule has 0 radical (unpaired) electrons. The Bertz CT molecular complexity index is 990. The van der Waals surface area contributed by atoms with Crippen LogP contribution in [-0.2, 0) is 17.3 Å². The zero-order chi connectivity index (χ0) is 23.6. The van der Waals surface area contributed by atoms with Crippen molar-refractivity contribution in [2.75, 3.05) is 24.6 Å². The number of anilines is 1. The number of ether oxygens (including phenoxy) is 1. The van der Waals surface area contributed by atoms with E-state index in [9.17, 15) is 27.9 Å². The maximum absolute atomic E-state index is 13.1. The molecule has 2 aromatic rings. The number of thiazole rings is 1. The number of carbonyl (C=O) groups is 2. The lowest BCUT2D eigenvalue weighted by Gasteiger charge is -2.38. The zero-order valence-electron chi connectivity index (χ0n) is 17.7. The normalized spacial score (nSPS) is 19.2. The summed E-state index contributed by atoms with van der Waals surface area (Å²) in [5.74, 6) is -2.18. The predicted molar refractivity (Wildman–Crippen MR) is 110 cm³/mol. The van der Waals surface area contributed by atoms with Gasteiger partial charge in [-0.3, -0.25) is 4.79 Å². The van der Waals surface area contributed by atoms with Gasteiger partial charge in [0.2, 0.25) is 0 Å². The minimum Gasteiger partial charge on any atom is -0.477 e. The molecule has 3 rings (SSSR count). The fourth-order valence-corrected chi connectivity index (χ4v) is 4.54. The summed E-state index contributed by atoms with van der Waals surface area (Å²) < 4.78 is 45.2. The molecule has 3 N–H and O–H groups in total. The standard InChI is InChI=1S/C19H24F3N5O4S/c1-4-10-14(19(20,21)22)26-15(24-10)16(28)25-11-6-7-27(8-12(11)31-5-2)18-23-9(3)13(32-18)17(29)30/h11-12H,4-8H2,1-3H3,(H,24,26)(H,25,28)(H,29,30)/t11?,12-/m0/s1. The Morgan fingerprint density at radius 3 is 2.59 bits per heavy atom. The Kier molecular flexibility index (Phi) is 7.08. The van der Waals surface area contributed by atoms with Gasteiger partial charge in [-0.05, 0) is 26.7 Å². The third kappa shape index (κ3) is 5.04. The molecule has 1 aliphatic rings. The molecule has 2 aromatic heterocycles. The number of aromatic nitrogens is 3. The number of aromatic carboxylic acids is 1. The van der Waals surface area contributed by atoms with Crippen LogP contribution in [0.4, 0.5) is 18.3 Å². The van der Waals surface area contributed by atoms with E-state index in [1.165, 1.54) is 0 Å². The second kappa shape index (κ2) is 9.45. The van der Waals surface area contributed by atoms with E-state index in [-0.39, 0.29) is 17.0 Å². The van der Waals surface area contributed by atoms with Crippen molar-refractivity contribution in [1.29, 1.82) is 0 Å². The van der Waals surface area contributed by atoms with E-state index in [0.717, 1.165) is 11.3 Å². The third-order valence-electron chi connectivity index (χ3n) is 5.12. The molecule has 0 spiro atoms. The first kappa shape index (κ1) is 24.0. The van der Waals surface area contributed by atoms with Crippen LogP contribution in [0.25, 0.3) is 0 Å². The van der Waals surface area contributed by atoms with Gasteiger partial charge in [0.15, 0.2) is 16.6 Å². The Balaban J connectivity index is 1.74. The van der Waals surface area contributed by atoms with Crippen LogP contribution in [0.15, 0.2) is 0 Å². The Morgan fingerprint density at radius 1 is 1.34 bits per heavy atom. The molecule has 1 unspecified atom stereocenters. The van der Waals surface area contributed by atoms with Crippen LogP contribution < -0.4 is 10.2 Å². The third-order valence-corrected chi connectivity index (χ3v) is 6.33. The molecule has 32 heavy (non-hydrogen) atoms. The average Bonchev–Trinajstić information content (AvgIpc) is 3.33. The minimum absolute atomic E-state index is 0.0562. The highest BCUT2D eigenvalue weighted by atomic mass is 32.1. The maximum atomic E-state index is 13.1. The second-order valence-electron chi connectivity index (χ2n) is 7.29. The van der Waals surface area contributed by atoms with E-state index in [2.05, 4.69) is 20.3 Å².